The summed E-state index contributed by atoms with van der Waals surface area (Å²) >= 11 is 0. The van der Waals surface area contributed by atoms with E-state index in [9.17, 15) is 0 Å². The van der Waals surface area contributed by atoms with E-state index < -0.39 is 0 Å². The molecular weight excluding hydrogens is 209 g/mol. The van der Waals surface area contributed by atoms with Crippen molar-refractivity contribution in [3.63, 3.8) is 0 Å². The normalized spacial score (nSPS) is 16.2. The second kappa shape index (κ2) is 8.94. The topological polar surface area (TPSA) is 0 Å². The Bertz CT molecular complexity index is 105. The number of hydrogen-bond acceptors (Lipinski definition) is 0. The first-order valence-electron chi connectivity index (χ1n) is 3.96. The van der Waals surface area contributed by atoms with Crippen LogP contribution in [0.1, 0.15) is 40.0 Å². The first-order valence-corrected chi connectivity index (χ1v) is 3.96. The first-order chi connectivity index (χ1) is 4.70. The molecule has 0 spiro atoms. The fourth-order valence-corrected chi connectivity index (χ4v) is 0.969. The zero-order valence-electron chi connectivity index (χ0n) is 7.98. The molecule has 0 nitrogen and oxygen atoms in total. The number of hydrogen-bond donors (Lipinski definition) is 0. The Hall–Kier alpha value is 0.844. The van der Waals surface area contributed by atoms with Crippen molar-refractivity contribution < 1.29 is 32.7 Å². The summed E-state index contributed by atoms with van der Waals surface area (Å²) in [5, 5.41) is 0. The Balaban J connectivity index is 0. The molecule has 0 unspecified atom stereocenters. The molecule has 0 aromatic rings. The molecule has 11 heavy (non-hydrogen) atoms. The molecule has 0 aromatic carbocycles. The summed E-state index contributed by atoms with van der Waals surface area (Å²) in [6.45, 7) is 9.91. The quantitative estimate of drug-likeness (QED) is 0.438. The first kappa shape index (κ1) is 14.4. The molecule has 1 aliphatic rings. The van der Waals surface area contributed by atoms with Gasteiger partial charge in [0.15, 0.2) is 0 Å². The fraction of sp³-hybridized carbons (Fsp3) is 0.600. The third kappa shape index (κ3) is 8.75. The van der Waals surface area contributed by atoms with Crippen LogP contribution in [0.15, 0.2) is 11.6 Å². The molecule has 1 heteroatoms. The monoisotopic (exact) mass is 227 g/mol. The van der Waals surface area contributed by atoms with E-state index >= 15 is 0 Å². The van der Waals surface area contributed by atoms with Crippen LogP contribution in [0.25, 0.3) is 0 Å². The van der Waals surface area contributed by atoms with Gasteiger partial charge >= 0.3 is 0 Å². The summed E-state index contributed by atoms with van der Waals surface area (Å²) in [4.78, 5) is 0. The van der Waals surface area contributed by atoms with Gasteiger partial charge in [0.1, 0.15) is 0 Å². The van der Waals surface area contributed by atoms with E-state index in [0.717, 1.165) is 6.42 Å². The van der Waals surface area contributed by atoms with Crippen LogP contribution in [0.2, 0.25) is 0 Å². The third-order valence-corrected chi connectivity index (χ3v) is 1.38. The minimum atomic E-state index is 0. The largest absolute Gasteiger partial charge is 0.344 e. The summed E-state index contributed by atoms with van der Waals surface area (Å²) < 4.78 is 0. The van der Waals surface area contributed by atoms with E-state index in [1.54, 1.807) is 5.92 Å². The second-order valence-corrected chi connectivity index (χ2v) is 2.89. The van der Waals surface area contributed by atoms with E-state index in [1.807, 2.05) is 6.92 Å². The molecule has 1 rings (SSSR count). The van der Waals surface area contributed by atoms with Crippen LogP contribution in [-0.4, -0.2) is 0 Å². The van der Waals surface area contributed by atoms with Crippen LogP contribution in [-0.2, 0) is 32.7 Å². The van der Waals surface area contributed by atoms with E-state index in [-0.39, 0.29) is 32.7 Å². The molecule has 0 bridgehead atoms. The van der Waals surface area contributed by atoms with Gasteiger partial charge in [-0.25, -0.2) is 0 Å². The zero-order chi connectivity index (χ0) is 7.98. The molecule has 0 saturated carbocycles. The van der Waals surface area contributed by atoms with Gasteiger partial charge in [0, 0.05) is 32.7 Å². The van der Waals surface area contributed by atoms with Crippen molar-refractivity contribution in [2.45, 2.75) is 40.0 Å². The SMILES string of the molecule is CC1=CC[C-](C)C1.[CH2-]CC.[Y]. The van der Waals surface area contributed by atoms with Gasteiger partial charge in [0.25, 0.3) is 0 Å². The van der Waals surface area contributed by atoms with Crippen LogP contribution in [0.4, 0.5) is 0 Å². The summed E-state index contributed by atoms with van der Waals surface area (Å²) in [6, 6.07) is 0. The van der Waals surface area contributed by atoms with Crippen molar-refractivity contribution in [1.29, 1.82) is 0 Å². The van der Waals surface area contributed by atoms with Gasteiger partial charge in [-0.05, 0) is 6.92 Å². The van der Waals surface area contributed by atoms with Crippen molar-refractivity contribution in [1.82, 2.24) is 0 Å². The standard InChI is InChI=1S/C7H11.C3H7.Y/c1-6-3-4-7(2)5-6;1-3-2;/h3H,4-5H2,1-2H3;1,3H2,2H3;/q2*-1;. The van der Waals surface area contributed by atoms with Crippen molar-refractivity contribution in [2.75, 3.05) is 0 Å². The van der Waals surface area contributed by atoms with Gasteiger partial charge in [-0.3, -0.25) is 0 Å². The van der Waals surface area contributed by atoms with Crippen molar-refractivity contribution in [3.8, 4) is 0 Å². The Kier molecular flexibility index (Phi) is 11.7. The van der Waals surface area contributed by atoms with E-state index in [1.165, 1.54) is 18.4 Å². The Labute approximate surface area is 96.7 Å². The smallest absolute Gasteiger partial charge is 0 e. The van der Waals surface area contributed by atoms with Gasteiger partial charge in [0.2, 0.25) is 0 Å². The van der Waals surface area contributed by atoms with Crippen LogP contribution in [0, 0.1) is 12.8 Å². The Morgan fingerprint density at radius 1 is 1.64 bits per heavy atom. The van der Waals surface area contributed by atoms with Crippen molar-refractivity contribution in [2.24, 2.45) is 0 Å². The predicted molar refractivity (Wildman–Crippen MR) is 47.6 cm³/mol. The second-order valence-electron chi connectivity index (χ2n) is 2.89. The maximum absolute atomic E-state index is 3.49. The van der Waals surface area contributed by atoms with E-state index in [4.69, 9.17) is 0 Å². The Morgan fingerprint density at radius 2 is 2.09 bits per heavy atom. The molecule has 0 fully saturated rings. The van der Waals surface area contributed by atoms with E-state index in [2.05, 4.69) is 26.8 Å². The molecule has 0 N–H and O–H groups in total. The van der Waals surface area contributed by atoms with Gasteiger partial charge < -0.3 is 12.8 Å². The summed E-state index contributed by atoms with van der Waals surface area (Å²) in [6.07, 6.45) is 5.78. The maximum Gasteiger partial charge on any atom is 0 e. The molecule has 0 aliphatic heterocycles. The summed E-state index contributed by atoms with van der Waals surface area (Å²) in [5.74, 6) is 1.61. The summed E-state index contributed by atoms with van der Waals surface area (Å²) in [7, 11) is 0. The van der Waals surface area contributed by atoms with Gasteiger partial charge in [-0.15, -0.1) is 11.6 Å². The van der Waals surface area contributed by atoms with Crippen molar-refractivity contribution >= 4 is 0 Å². The maximum atomic E-state index is 3.49. The van der Waals surface area contributed by atoms with Crippen molar-refractivity contribution in [3.05, 3.63) is 24.5 Å². The molecule has 0 amide bonds. The molecule has 1 aliphatic carbocycles. The van der Waals surface area contributed by atoms with Crippen LogP contribution >= 0.6 is 0 Å². The fourth-order valence-electron chi connectivity index (χ4n) is 0.969. The minimum absolute atomic E-state index is 0. The molecule has 1 radical (unpaired) electrons. The summed E-state index contributed by atoms with van der Waals surface area (Å²) in [5.41, 5.74) is 1.54. The molecular formula is C10H18Y-2. The average molecular weight is 227 g/mol. The zero-order valence-corrected chi connectivity index (χ0v) is 10.8. The van der Waals surface area contributed by atoms with Gasteiger partial charge in [0.05, 0.1) is 0 Å². The molecule has 0 heterocycles. The van der Waals surface area contributed by atoms with Crippen LogP contribution in [0.3, 0.4) is 0 Å². The number of rotatable bonds is 0. The molecule has 63 valence electrons. The molecule has 0 saturated heterocycles. The van der Waals surface area contributed by atoms with Gasteiger partial charge in [-0.1, -0.05) is 6.92 Å². The number of allylic oxidation sites excluding steroid dienone is 2. The Morgan fingerprint density at radius 3 is 2.18 bits per heavy atom. The molecule has 0 atom stereocenters. The van der Waals surface area contributed by atoms with E-state index in [0.29, 0.717) is 0 Å². The van der Waals surface area contributed by atoms with Gasteiger partial charge in [-0.2, -0.15) is 26.2 Å². The molecule has 0 aromatic heterocycles. The predicted octanol–water partition coefficient (Wildman–Crippen LogP) is 3.55. The minimum Gasteiger partial charge on any atom is -0.344 e. The third-order valence-electron chi connectivity index (χ3n) is 1.38. The average Bonchev–Trinajstić information content (AvgIpc) is 2.17. The van der Waals surface area contributed by atoms with Crippen LogP contribution < -0.4 is 0 Å². The van der Waals surface area contributed by atoms with Crippen LogP contribution in [0.5, 0.6) is 0 Å².